The van der Waals surface area contributed by atoms with Gasteiger partial charge in [-0.05, 0) is 70.4 Å². The summed E-state index contributed by atoms with van der Waals surface area (Å²) in [6, 6.07) is 9.89. The lowest BCUT2D eigenvalue weighted by molar-refractivity contribution is 0.114. The van der Waals surface area contributed by atoms with Crippen LogP contribution < -0.4 is 10.2 Å². The predicted octanol–water partition coefficient (Wildman–Crippen LogP) is 4.34. The number of morpholine rings is 1. The molecule has 3 fully saturated rings. The number of alkyl halides is 2. The Labute approximate surface area is 234 Å². The third kappa shape index (κ3) is 5.91. The number of benzene rings is 1. The lowest BCUT2D eigenvalue weighted by Gasteiger charge is -2.37. The molecule has 0 aliphatic carbocycles. The molecule has 1 N–H and O–H groups in total. The topological polar surface area (TPSA) is 74.6 Å². The van der Waals surface area contributed by atoms with Crippen molar-refractivity contribution in [3.05, 3.63) is 36.2 Å². The minimum absolute atomic E-state index is 0.225. The molecule has 3 aromatic rings. The van der Waals surface area contributed by atoms with Crippen LogP contribution in [0.4, 0.5) is 20.5 Å². The normalized spacial score (nSPS) is 22.2. The molecule has 216 valence electrons. The van der Waals surface area contributed by atoms with Crippen LogP contribution in [0.5, 0.6) is 0 Å². The second-order valence-corrected chi connectivity index (χ2v) is 11.1. The van der Waals surface area contributed by atoms with E-state index in [1.54, 1.807) is 12.1 Å². The molecule has 2 aromatic heterocycles. The van der Waals surface area contributed by atoms with Gasteiger partial charge in [-0.1, -0.05) is 19.1 Å². The van der Waals surface area contributed by atoms with Gasteiger partial charge in [-0.3, -0.25) is 4.57 Å². The fourth-order valence-electron chi connectivity index (χ4n) is 6.40. The quantitative estimate of drug-likeness (QED) is 0.463. The third-order valence-electron chi connectivity index (χ3n) is 8.66. The van der Waals surface area contributed by atoms with Crippen LogP contribution in [0, 0.1) is 0 Å². The van der Waals surface area contributed by atoms with Crippen molar-refractivity contribution in [1.29, 1.82) is 0 Å². The monoisotopic (exact) mass is 554 g/mol. The van der Waals surface area contributed by atoms with Crippen molar-refractivity contribution in [3.63, 3.8) is 0 Å². The van der Waals surface area contributed by atoms with E-state index in [4.69, 9.17) is 14.7 Å². The van der Waals surface area contributed by atoms with E-state index in [2.05, 4.69) is 31.9 Å². The van der Waals surface area contributed by atoms with E-state index in [-0.39, 0.29) is 11.9 Å². The fraction of sp³-hybridized carbons (Fsp3) is 0.621. The van der Waals surface area contributed by atoms with E-state index in [1.165, 1.54) is 30.5 Å². The zero-order valence-corrected chi connectivity index (χ0v) is 23.3. The van der Waals surface area contributed by atoms with Crippen LogP contribution in [-0.2, 0) is 4.74 Å². The van der Waals surface area contributed by atoms with E-state index < -0.39 is 6.43 Å². The number of anilines is 2. The van der Waals surface area contributed by atoms with E-state index in [0.717, 1.165) is 38.9 Å². The molecular formula is C29H40F2N8O. The minimum atomic E-state index is -2.73. The number of likely N-dealkylation sites (tertiary alicyclic amines) is 2. The SMILES string of the molecule is CCN1CCC(N2CCCC(Nc3nc(N4CCOCC4)cc(-n4c(C(F)F)nc5ccccc54)n3)CC2)CC1. The molecular weight excluding hydrogens is 514 g/mol. The Kier molecular flexibility index (Phi) is 8.40. The van der Waals surface area contributed by atoms with Crippen LogP contribution in [0.3, 0.4) is 0 Å². The van der Waals surface area contributed by atoms with E-state index in [9.17, 15) is 8.78 Å². The minimum Gasteiger partial charge on any atom is -0.378 e. The Morgan fingerprint density at radius 1 is 0.925 bits per heavy atom. The van der Waals surface area contributed by atoms with Gasteiger partial charge in [0.15, 0.2) is 5.82 Å². The second-order valence-electron chi connectivity index (χ2n) is 11.1. The Balaban J connectivity index is 1.26. The Bertz CT molecular complexity index is 1270. The largest absolute Gasteiger partial charge is 0.378 e. The molecule has 3 saturated heterocycles. The van der Waals surface area contributed by atoms with Crippen LogP contribution in [0.25, 0.3) is 16.9 Å². The van der Waals surface area contributed by atoms with E-state index in [0.29, 0.717) is 61.0 Å². The average Bonchev–Trinajstić information content (AvgIpc) is 3.24. The van der Waals surface area contributed by atoms with E-state index in [1.807, 2.05) is 18.2 Å². The first-order valence-corrected chi connectivity index (χ1v) is 14.8. The summed E-state index contributed by atoms with van der Waals surface area (Å²) in [4.78, 5) is 21.3. The smallest absolute Gasteiger partial charge is 0.296 e. The number of nitrogens with one attached hydrogen (secondary N) is 1. The Hall–Kier alpha value is -2.89. The highest BCUT2D eigenvalue weighted by molar-refractivity contribution is 5.78. The van der Waals surface area contributed by atoms with Gasteiger partial charge < -0.3 is 24.8 Å². The standard InChI is InChI=1S/C29H40F2N8O/c1-2-36-13-10-22(11-14-36)37-12-5-6-21(9-15-37)32-29-34-25(38-16-18-40-19-17-38)20-26(35-29)39-24-8-4-3-7-23(24)33-28(39)27(30)31/h3-4,7-8,20-22,27H,2,5-6,9-19H2,1H3,(H,32,34,35). The van der Waals surface area contributed by atoms with E-state index >= 15 is 0 Å². The average molecular weight is 555 g/mol. The number of ether oxygens (including phenoxy) is 1. The number of piperidine rings is 1. The number of nitrogens with zero attached hydrogens (tertiary/aromatic N) is 7. The zero-order valence-electron chi connectivity index (χ0n) is 23.3. The molecule has 0 spiro atoms. The van der Waals surface area contributed by atoms with Crippen molar-refractivity contribution in [3.8, 4) is 5.82 Å². The second kappa shape index (κ2) is 12.3. The summed E-state index contributed by atoms with van der Waals surface area (Å²) in [5, 5.41) is 3.60. The lowest BCUT2D eigenvalue weighted by Crippen LogP contribution is -2.45. The maximum atomic E-state index is 14.2. The summed E-state index contributed by atoms with van der Waals surface area (Å²) in [5.41, 5.74) is 1.13. The van der Waals surface area contributed by atoms with Crippen molar-refractivity contribution in [1.82, 2.24) is 29.3 Å². The highest BCUT2D eigenvalue weighted by Crippen LogP contribution is 2.30. The van der Waals surface area contributed by atoms with Crippen molar-refractivity contribution in [2.45, 2.75) is 57.5 Å². The van der Waals surface area contributed by atoms with Gasteiger partial charge in [-0.25, -0.2) is 13.8 Å². The highest BCUT2D eigenvalue weighted by Gasteiger charge is 2.28. The number of rotatable bonds is 7. The summed E-state index contributed by atoms with van der Waals surface area (Å²) < 4.78 is 35.4. The number of fused-ring (bicyclic) bond motifs is 1. The first-order chi connectivity index (χ1) is 19.6. The maximum Gasteiger partial charge on any atom is 0.296 e. The van der Waals surface area contributed by atoms with Crippen molar-refractivity contribution in [2.24, 2.45) is 0 Å². The zero-order chi connectivity index (χ0) is 27.5. The summed E-state index contributed by atoms with van der Waals surface area (Å²) in [6.07, 6.45) is 2.90. The number of aromatic nitrogens is 4. The summed E-state index contributed by atoms with van der Waals surface area (Å²) in [6.45, 7) is 10.5. The van der Waals surface area contributed by atoms with Crippen LogP contribution in [-0.4, -0.2) is 100 Å². The molecule has 1 atom stereocenters. The molecule has 5 heterocycles. The van der Waals surface area contributed by atoms with Gasteiger partial charge >= 0.3 is 0 Å². The molecule has 40 heavy (non-hydrogen) atoms. The fourth-order valence-corrected chi connectivity index (χ4v) is 6.40. The molecule has 0 saturated carbocycles. The summed E-state index contributed by atoms with van der Waals surface area (Å²) >= 11 is 0. The van der Waals surface area contributed by atoms with Gasteiger partial charge in [0.05, 0.1) is 24.2 Å². The maximum absolute atomic E-state index is 14.2. The van der Waals surface area contributed by atoms with Gasteiger partial charge in [-0.2, -0.15) is 9.97 Å². The van der Waals surface area contributed by atoms with Crippen molar-refractivity contribution in [2.75, 3.05) is 69.2 Å². The molecule has 1 unspecified atom stereocenters. The third-order valence-corrected chi connectivity index (χ3v) is 8.66. The van der Waals surface area contributed by atoms with Gasteiger partial charge in [-0.15, -0.1) is 0 Å². The Morgan fingerprint density at radius 3 is 2.48 bits per heavy atom. The molecule has 1 aromatic carbocycles. The number of hydrogen-bond acceptors (Lipinski definition) is 8. The van der Waals surface area contributed by atoms with Gasteiger partial charge in [0.1, 0.15) is 11.6 Å². The molecule has 0 bridgehead atoms. The van der Waals surface area contributed by atoms with Gasteiger partial charge in [0.25, 0.3) is 6.43 Å². The van der Waals surface area contributed by atoms with Crippen LogP contribution in [0.15, 0.2) is 30.3 Å². The molecule has 0 amide bonds. The van der Waals surface area contributed by atoms with Crippen molar-refractivity contribution >= 4 is 22.8 Å². The van der Waals surface area contributed by atoms with Crippen LogP contribution >= 0.6 is 0 Å². The Morgan fingerprint density at radius 2 is 1.70 bits per heavy atom. The predicted molar refractivity (Wildman–Crippen MR) is 153 cm³/mol. The lowest BCUT2D eigenvalue weighted by atomic mass is 10.0. The molecule has 3 aliphatic rings. The molecule has 11 heteroatoms. The first kappa shape index (κ1) is 27.3. The molecule has 6 rings (SSSR count). The van der Waals surface area contributed by atoms with Gasteiger partial charge in [0.2, 0.25) is 5.95 Å². The molecule has 3 aliphatic heterocycles. The van der Waals surface area contributed by atoms with Gasteiger partial charge in [0, 0.05) is 37.8 Å². The first-order valence-electron chi connectivity index (χ1n) is 14.8. The highest BCUT2D eigenvalue weighted by atomic mass is 19.3. The van der Waals surface area contributed by atoms with Crippen molar-refractivity contribution < 1.29 is 13.5 Å². The summed E-state index contributed by atoms with van der Waals surface area (Å²) in [7, 11) is 0. The molecule has 9 nitrogen and oxygen atoms in total. The number of imidazole rings is 1. The summed E-state index contributed by atoms with van der Waals surface area (Å²) in [5.74, 6) is 1.29. The number of para-hydroxylation sites is 2. The molecule has 0 radical (unpaired) electrons. The number of halogens is 2. The van der Waals surface area contributed by atoms with Crippen LogP contribution in [0.1, 0.15) is 51.3 Å². The number of hydrogen-bond donors (Lipinski definition) is 1. The van der Waals surface area contributed by atoms with Crippen LogP contribution in [0.2, 0.25) is 0 Å².